The molecule has 2 aliphatic rings. The highest BCUT2D eigenvalue weighted by Gasteiger charge is 2.28. The number of rotatable bonds is 8. The summed E-state index contributed by atoms with van der Waals surface area (Å²) in [5, 5.41) is 0. The first kappa shape index (κ1) is 22.0. The molecule has 0 aromatic heterocycles. The number of carbonyl (C=O) groups excluding carboxylic acids is 1. The molecule has 1 aliphatic heterocycles. The van der Waals surface area contributed by atoms with Crippen LogP contribution >= 0.6 is 0 Å². The van der Waals surface area contributed by atoms with E-state index in [0.29, 0.717) is 0 Å². The Hall–Kier alpha value is -1.73. The number of likely N-dealkylation sites (tertiary alicyclic amines) is 1. The van der Waals surface area contributed by atoms with Gasteiger partial charge >= 0.3 is 6.09 Å². The summed E-state index contributed by atoms with van der Waals surface area (Å²) in [6, 6.07) is 3.16. The maximum Gasteiger partial charge on any atom is 0.415 e. The minimum Gasteiger partial charge on any atom is -0.410 e. The number of benzene rings is 1. The number of carbonyl (C=O) groups is 1. The minimum absolute atomic E-state index is 0.00620. The van der Waals surface area contributed by atoms with Gasteiger partial charge in [0.25, 0.3) is 0 Å². The monoisotopic (exact) mass is 410 g/mol. The standard InChI is InChI=1S/C22H32F2N2O3/c1-25(22(27)29-19-10-11-20(23)21(24)16-19)17-6-8-18(9-7-17)28-15-5-4-14-26-12-2-3-13-26/h10-11,16-18H,2-9,12-15H2,1H3/t17-,18-. The van der Waals surface area contributed by atoms with Gasteiger partial charge in [-0.3, -0.25) is 0 Å². The maximum atomic E-state index is 13.3. The molecule has 0 atom stereocenters. The van der Waals surface area contributed by atoms with Crippen LogP contribution in [-0.2, 0) is 4.74 Å². The van der Waals surface area contributed by atoms with E-state index in [1.54, 1.807) is 11.9 Å². The van der Waals surface area contributed by atoms with Crippen LogP contribution in [0.1, 0.15) is 51.4 Å². The molecule has 1 aromatic carbocycles. The Morgan fingerprint density at radius 1 is 1.10 bits per heavy atom. The number of ether oxygens (including phenoxy) is 2. The van der Waals surface area contributed by atoms with Crippen molar-refractivity contribution in [3.63, 3.8) is 0 Å². The molecule has 0 unspecified atom stereocenters. The van der Waals surface area contributed by atoms with Gasteiger partial charge in [0.2, 0.25) is 0 Å². The van der Waals surface area contributed by atoms with Crippen molar-refractivity contribution in [3.8, 4) is 5.75 Å². The van der Waals surface area contributed by atoms with Crippen LogP contribution in [0.2, 0.25) is 0 Å². The molecule has 1 aromatic rings. The molecule has 1 amide bonds. The summed E-state index contributed by atoms with van der Waals surface area (Å²) in [6.07, 6.45) is 8.19. The fourth-order valence-electron chi connectivity index (χ4n) is 4.16. The van der Waals surface area contributed by atoms with Crippen LogP contribution in [0.5, 0.6) is 5.75 Å². The van der Waals surface area contributed by atoms with Crippen molar-refractivity contribution in [1.82, 2.24) is 9.80 Å². The average molecular weight is 411 g/mol. The first-order valence-corrected chi connectivity index (χ1v) is 10.8. The van der Waals surface area contributed by atoms with Crippen LogP contribution in [0.4, 0.5) is 13.6 Å². The minimum atomic E-state index is -1.03. The maximum absolute atomic E-state index is 13.3. The molecule has 0 bridgehead atoms. The molecule has 29 heavy (non-hydrogen) atoms. The van der Waals surface area contributed by atoms with Gasteiger partial charge in [0.15, 0.2) is 11.6 Å². The SMILES string of the molecule is CN(C(=O)Oc1ccc(F)c(F)c1)[C@H]1CC[C@H](OCCCCN2CCCC2)CC1. The van der Waals surface area contributed by atoms with E-state index in [2.05, 4.69) is 4.90 Å². The topological polar surface area (TPSA) is 42.0 Å². The summed E-state index contributed by atoms with van der Waals surface area (Å²) >= 11 is 0. The van der Waals surface area contributed by atoms with Gasteiger partial charge in [-0.2, -0.15) is 0 Å². The Bertz CT molecular complexity index is 659. The Morgan fingerprint density at radius 3 is 2.52 bits per heavy atom. The molecule has 1 heterocycles. The van der Waals surface area contributed by atoms with Crippen molar-refractivity contribution in [2.75, 3.05) is 33.3 Å². The lowest BCUT2D eigenvalue weighted by molar-refractivity contribution is 0.0101. The van der Waals surface area contributed by atoms with Crippen molar-refractivity contribution in [2.24, 2.45) is 0 Å². The highest BCUT2D eigenvalue weighted by molar-refractivity contribution is 5.70. The molecule has 162 valence electrons. The van der Waals surface area contributed by atoms with Crippen LogP contribution in [0.3, 0.4) is 0 Å². The van der Waals surface area contributed by atoms with E-state index in [9.17, 15) is 13.6 Å². The second kappa shape index (κ2) is 10.9. The Kier molecular flexibility index (Phi) is 8.24. The molecule has 1 saturated heterocycles. The average Bonchev–Trinajstić information content (AvgIpc) is 3.24. The third kappa shape index (κ3) is 6.64. The number of amides is 1. The summed E-state index contributed by atoms with van der Waals surface area (Å²) in [4.78, 5) is 16.4. The fraction of sp³-hybridized carbons (Fsp3) is 0.682. The molecule has 3 rings (SSSR count). The molecular weight excluding hydrogens is 378 g/mol. The molecule has 0 spiro atoms. The third-order valence-corrected chi connectivity index (χ3v) is 6.00. The molecular formula is C22H32F2N2O3. The smallest absolute Gasteiger partial charge is 0.410 e. The summed E-state index contributed by atoms with van der Waals surface area (Å²) in [7, 11) is 1.69. The van der Waals surface area contributed by atoms with Gasteiger partial charge in [-0.15, -0.1) is 0 Å². The van der Waals surface area contributed by atoms with Crippen molar-refractivity contribution in [3.05, 3.63) is 29.8 Å². The van der Waals surface area contributed by atoms with Crippen LogP contribution in [-0.4, -0.2) is 61.3 Å². The zero-order valence-electron chi connectivity index (χ0n) is 17.2. The van der Waals surface area contributed by atoms with Crippen LogP contribution < -0.4 is 4.74 Å². The quantitative estimate of drug-likeness (QED) is 0.588. The molecule has 5 nitrogen and oxygen atoms in total. The lowest BCUT2D eigenvalue weighted by atomic mass is 9.92. The van der Waals surface area contributed by atoms with E-state index in [1.165, 1.54) is 45.0 Å². The second-order valence-electron chi connectivity index (χ2n) is 8.11. The first-order chi connectivity index (χ1) is 14.0. The van der Waals surface area contributed by atoms with E-state index in [4.69, 9.17) is 9.47 Å². The van der Waals surface area contributed by atoms with Crippen LogP contribution in [0.15, 0.2) is 18.2 Å². The van der Waals surface area contributed by atoms with E-state index in [0.717, 1.165) is 50.8 Å². The van der Waals surface area contributed by atoms with Gasteiger partial charge in [0.1, 0.15) is 5.75 Å². The lowest BCUT2D eigenvalue weighted by Crippen LogP contribution is -2.42. The molecule has 1 saturated carbocycles. The van der Waals surface area contributed by atoms with Gasteiger partial charge in [-0.1, -0.05) is 0 Å². The van der Waals surface area contributed by atoms with E-state index in [-0.39, 0.29) is 17.9 Å². The summed E-state index contributed by atoms with van der Waals surface area (Å²) in [6.45, 7) is 4.48. The second-order valence-corrected chi connectivity index (χ2v) is 8.11. The molecule has 2 fully saturated rings. The zero-order valence-corrected chi connectivity index (χ0v) is 17.2. The third-order valence-electron chi connectivity index (χ3n) is 6.00. The van der Waals surface area contributed by atoms with Gasteiger partial charge < -0.3 is 19.3 Å². The lowest BCUT2D eigenvalue weighted by Gasteiger charge is -2.34. The van der Waals surface area contributed by atoms with E-state index >= 15 is 0 Å². The van der Waals surface area contributed by atoms with Crippen molar-refractivity contribution in [1.29, 1.82) is 0 Å². The number of nitrogens with zero attached hydrogens (tertiary/aromatic N) is 2. The largest absolute Gasteiger partial charge is 0.415 e. The normalized spacial score (nSPS) is 22.6. The van der Waals surface area contributed by atoms with Crippen LogP contribution in [0.25, 0.3) is 0 Å². The molecule has 1 aliphatic carbocycles. The Labute approximate surface area is 171 Å². The summed E-state index contributed by atoms with van der Waals surface area (Å²) < 4.78 is 37.4. The molecule has 0 radical (unpaired) electrons. The molecule has 7 heteroatoms. The van der Waals surface area contributed by atoms with Gasteiger partial charge in [-0.05, 0) is 83.1 Å². The van der Waals surface area contributed by atoms with Crippen LogP contribution in [0, 0.1) is 11.6 Å². The number of unbranched alkanes of at least 4 members (excludes halogenated alkanes) is 1. The predicted octanol–water partition coefficient (Wildman–Crippen LogP) is 4.60. The number of hydrogen-bond acceptors (Lipinski definition) is 4. The highest BCUT2D eigenvalue weighted by atomic mass is 19.2. The summed E-state index contributed by atoms with van der Waals surface area (Å²) in [5.41, 5.74) is 0. The van der Waals surface area contributed by atoms with E-state index in [1.807, 2.05) is 0 Å². The number of halogens is 2. The predicted molar refractivity (Wildman–Crippen MR) is 107 cm³/mol. The zero-order chi connectivity index (χ0) is 20.6. The van der Waals surface area contributed by atoms with Crippen molar-refractivity contribution >= 4 is 6.09 Å². The first-order valence-electron chi connectivity index (χ1n) is 10.8. The van der Waals surface area contributed by atoms with Crippen molar-refractivity contribution in [2.45, 2.75) is 63.5 Å². The van der Waals surface area contributed by atoms with Crippen molar-refractivity contribution < 1.29 is 23.0 Å². The van der Waals surface area contributed by atoms with Gasteiger partial charge in [-0.25, -0.2) is 13.6 Å². The fourth-order valence-corrected chi connectivity index (χ4v) is 4.16. The summed E-state index contributed by atoms with van der Waals surface area (Å²) in [5.74, 6) is -1.99. The van der Waals surface area contributed by atoms with E-state index < -0.39 is 17.7 Å². The Morgan fingerprint density at radius 2 is 1.83 bits per heavy atom. The highest BCUT2D eigenvalue weighted by Crippen LogP contribution is 2.26. The van der Waals surface area contributed by atoms with Gasteiger partial charge in [0.05, 0.1) is 6.10 Å². The van der Waals surface area contributed by atoms with Gasteiger partial charge in [0, 0.05) is 25.8 Å². The molecule has 0 N–H and O–H groups in total. The Balaban J connectivity index is 1.31. The number of hydrogen-bond donors (Lipinski definition) is 0.